The summed E-state index contributed by atoms with van der Waals surface area (Å²) in [5.41, 5.74) is -0.415. The molecule has 1 aliphatic rings. The van der Waals surface area contributed by atoms with Crippen molar-refractivity contribution in [3.05, 3.63) is 21.9 Å². The van der Waals surface area contributed by atoms with E-state index >= 15 is 0 Å². The first-order valence-corrected chi connectivity index (χ1v) is 7.77. The molecule has 0 bridgehead atoms. The minimum absolute atomic E-state index is 0.415. The van der Waals surface area contributed by atoms with Crippen molar-refractivity contribution in [3.63, 3.8) is 0 Å². The third-order valence-electron chi connectivity index (χ3n) is 4.18. The summed E-state index contributed by atoms with van der Waals surface area (Å²) in [4.78, 5) is 2.80. The summed E-state index contributed by atoms with van der Waals surface area (Å²) in [6.07, 6.45) is 7.65. The van der Waals surface area contributed by atoms with Gasteiger partial charge in [-0.25, -0.2) is 0 Å². The predicted octanol–water partition coefficient (Wildman–Crippen LogP) is 4.18. The normalized spacial score (nSPS) is 29.5. The Bertz CT molecular complexity index is 348. The van der Waals surface area contributed by atoms with Crippen molar-refractivity contribution >= 4 is 11.3 Å². The molecule has 1 heterocycles. The van der Waals surface area contributed by atoms with Crippen LogP contribution in [0.3, 0.4) is 0 Å². The van der Waals surface area contributed by atoms with Crippen LogP contribution in [0.5, 0.6) is 0 Å². The number of thiophene rings is 1. The van der Waals surface area contributed by atoms with Crippen molar-refractivity contribution in [2.45, 2.75) is 64.4 Å². The van der Waals surface area contributed by atoms with Crippen molar-refractivity contribution in [2.75, 3.05) is 0 Å². The highest BCUT2D eigenvalue weighted by Gasteiger charge is 2.32. The van der Waals surface area contributed by atoms with Crippen LogP contribution in [0.25, 0.3) is 0 Å². The van der Waals surface area contributed by atoms with Crippen LogP contribution in [-0.4, -0.2) is 10.7 Å². The van der Waals surface area contributed by atoms with Gasteiger partial charge in [-0.2, -0.15) is 0 Å². The molecule has 1 aromatic heterocycles. The van der Waals surface area contributed by atoms with Gasteiger partial charge in [0.2, 0.25) is 0 Å². The smallest absolute Gasteiger partial charge is 0.0696 e. The van der Waals surface area contributed by atoms with E-state index in [2.05, 4.69) is 26.0 Å². The molecule has 0 saturated heterocycles. The van der Waals surface area contributed by atoms with Crippen LogP contribution in [0.1, 0.15) is 55.7 Å². The topological polar surface area (TPSA) is 20.2 Å². The van der Waals surface area contributed by atoms with Crippen molar-refractivity contribution in [1.29, 1.82) is 0 Å². The molecule has 96 valence electrons. The Balaban J connectivity index is 1.94. The second kappa shape index (κ2) is 5.53. The predicted molar refractivity (Wildman–Crippen MR) is 74.6 cm³/mol. The van der Waals surface area contributed by atoms with Gasteiger partial charge in [0.15, 0.2) is 0 Å². The molecule has 1 nitrogen and oxygen atoms in total. The lowest BCUT2D eigenvalue weighted by Gasteiger charge is -2.35. The summed E-state index contributed by atoms with van der Waals surface area (Å²) in [5.74, 6) is 0.852. The van der Waals surface area contributed by atoms with E-state index in [4.69, 9.17) is 0 Å². The summed E-state index contributed by atoms with van der Waals surface area (Å²) in [6, 6.07) is 4.41. The van der Waals surface area contributed by atoms with Gasteiger partial charge < -0.3 is 5.11 Å². The van der Waals surface area contributed by atoms with Crippen molar-refractivity contribution < 1.29 is 5.11 Å². The highest BCUT2D eigenvalue weighted by molar-refractivity contribution is 7.12. The van der Waals surface area contributed by atoms with Gasteiger partial charge in [-0.3, -0.25) is 0 Å². The second-order valence-corrected chi connectivity index (χ2v) is 6.73. The summed E-state index contributed by atoms with van der Waals surface area (Å²) in [6.45, 7) is 4.46. The minimum atomic E-state index is -0.415. The lowest BCUT2D eigenvalue weighted by atomic mass is 9.76. The van der Waals surface area contributed by atoms with Crippen LogP contribution in [0.2, 0.25) is 0 Å². The minimum Gasteiger partial charge on any atom is -0.390 e. The highest BCUT2D eigenvalue weighted by atomic mass is 32.1. The first kappa shape index (κ1) is 13.1. The van der Waals surface area contributed by atoms with E-state index in [1.807, 2.05) is 11.3 Å². The third-order valence-corrected chi connectivity index (χ3v) is 5.41. The molecule has 0 aliphatic heterocycles. The van der Waals surface area contributed by atoms with Gasteiger partial charge in [-0.1, -0.05) is 20.3 Å². The molecule has 1 aliphatic carbocycles. The quantitative estimate of drug-likeness (QED) is 0.852. The van der Waals surface area contributed by atoms with Crippen LogP contribution in [-0.2, 0) is 12.8 Å². The molecule has 0 aromatic carbocycles. The largest absolute Gasteiger partial charge is 0.390 e. The Morgan fingerprint density at radius 3 is 2.41 bits per heavy atom. The number of hydrogen-bond donors (Lipinski definition) is 1. The molecule has 2 rings (SSSR count). The number of hydrogen-bond acceptors (Lipinski definition) is 2. The molecule has 1 N–H and O–H groups in total. The van der Waals surface area contributed by atoms with E-state index in [9.17, 15) is 5.11 Å². The lowest BCUT2D eigenvalue weighted by molar-refractivity contribution is -0.00857. The first-order valence-electron chi connectivity index (χ1n) is 6.95. The van der Waals surface area contributed by atoms with E-state index in [0.29, 0.717) is 0 Å². The maximum Gasteiger partial charge on any atom is 0.0696 e. The zero-order valence-corrected chi connectivity index (χ0v) is 11.9. The van der Waals surface area contributed by atoms with Crippen LogP contribution >= 0.6 is 11.3 Å². The van der Waals surface area contributed by atoms with Crippen molar-refractivity contribution in [1.82, 2.24) is 0 Å². The average Bonchev–Trinajstić information content (AvgIpc) is 2.77. The van der Waals surface area contributed by atoms with E-state index in [1.54, 1.807) is 0 Å². The first-order chi connectivity index (χ1) is 8.15. The number of aryl methyl sites for hydroxylation is 1. The maximum atomic E-state index is 10.6. The zero-order chi connectivity index (χ0) is 12.3. The van der Waals surface area contributed by atoms with Crippen LogP contribution < -0.4 is 0 Å². The Kier molecular flexibility index (Phi) is 4.26. The fourth-order valence-corrected chi connectivity index (χ4v) is 3.93. The Labute approximate surface area is 109 Å². The lowest BCUT2D eigenvalue weighted by Crippen LogP contribution is -2.35. The molecular formula is C15H24OS. The molecule has 2 heteroatoms. The highest BCUT2D eigenvalue weighted by Crippen LogP contribution is 2.36. The molecule has 17 heavy (non-hydrogen) atoms. The summed E-state index contributed by atoms with van der Waals surface area (Å²) < 4.78 is 0. The average molecular weight is 252 g/mol. The van der Waals surface area contributed by atoms with Crippen LogP contribution in [0.15, 0.2) is 12.1 Å². The van der Waals surface area contributed by atoms with Gasteiger partial charge in [-0.15, -0.1) is 11.3 Å². The standard InChI is InChI=1S/C15H24OS/c1-3-12-7-9-15(16,10-8-12)11-14-6-5-13(4-2)17-14/h5-6,12,16H,3-4,7-11H2,1-2H3. The van der Waals surface area contributed by atoms with Crippen LogP contribution in [0, 0.1) is 5.92 Å². The Hall–Kier alpha value is -0.340. The fraction of sp³-hybridized carbons (Fsp3) is 0.733. The van der Waals surface area contributed by atoms with E-state index in [1.165, 1.54) is 29.0 Å². The van der Waals surface area contributed by atoms with E-state index < -0.39 is 5.60 Å². The molecule has 1 aromatic rings. The van der Waals surface area contributed by atoms with Gasteiger partial charge in [0, 0.05) is 16.2 Å². The summed E-state index contributed by atoms with van der Waals surface area (Å²) >= 11 is 1.87. The van der Waals surface area contributed by atoms with E-state index in [-0.39, 0.29) is 0 Å². The third kappa shape index (κ3) is 3.32. The monoisotopic (exact) mass is 252 g/mol. The molecule has 0 amide bonds. The van der Waals surface area contributed by atoms with Gasteiger partial charge in [0.25, 0.3) is 0 Å². The van der Waals surface area contributed by atoms with E-state index in [0.717, 1.165) is 31.6 Å². The maximum absolute atomic E-state index is 10.6. The number of rotatable bonds is 4. The van der Waals surface area contributed by atoms with Crippen molar-refractivity contribution in [2.24, 2.45) is 5.92 Å². The summed E-state index contributed by atoms with van der Waals surface area (Å²) in [7, 11) is 0. The van der Waals surface area contributed by atoms with Crippen molar-refractivity contribution in [3.8, 4) is 0 Å². The Morgan fingerprint density at radius 2 is 1.88 bits per heavy atom. The van der Waals surface area contributed by atoms with Gasteiger partial charge in [-0.05, 0) is 50.2 Å². The van der Waals surface area contributed by atoms with Crippen LogP contribution in [0.4, 0.5) is 0 Å². The fourth-order valence-electron chi connectivity index (χ4n) is 2.83. The zero-order valence-electron chi connectivity index (χ0n) is 11.0. The molecule has 1 saturated carbocycles. The summed E-state index contributed by atoms with van der Waals surface area (Å²) in [5, 5.41) is 10.6. The number of aliphatic hydroxyl groups is 1. The van der Waals surface area contributed by atoms with Gasteiger partial charge in [0.05, 0.1) is 5.60 Å². The SMILES string of the molecule is CCc1ccc(CC2(O)CCC(CC)CC2)s1. The Morgan fingerprint density at radius 1 is 1.24 bits per heavy atom. The second-order valence-electron chi connectivity index (χ2n) is 5.47. The molecule has 0 radical (unpaired) electrons. The molecule has 1 fully saturated rings. The molecule has 0 spiro atoms. The molecule has 0 atom stereocenters. The van der Waals surface area contributed by atoms with Gasteiger partial charge in [0.1, 0.15) is 0 Å². The molecular weight excluding hydrogens is 228 g/mol. The van der Waals surface area contributed by atoms with Gasteiger partial charge >= 0.3 is 0 Å². The molecule has 0 unspecified atom stereocenters.